The van der Waals surface area contributed by atoms with E-state index in [1.54, 1.807) is 11.6 Å². The average Bonchev–Trinajstić information content (AvgIpc) is 3.35. The van der Waals surface area contributed by atoms with E-state index in [0.717, 1.165) is 43.9 Å². The summed E-state index contributed by atoms with van der Waals surface area (Å²) < 4.78 is 7.81. The summed E-state index contributed by atoms with van der Waals surface area (Å²) in [7, 11) is 1.84. The molecule has 0 aliphatic carbocycles. The monoisotopic (exact) mass is 424 g/mol. The van der Waals surface area contributed by atoms with Gasteiger partial charge < -0.3 is 14.5 Å². The van der Waals surface area contributed by atoms with Gasteiger partial charge >= 0.3 is 0 Å². The Balaban J connectivity index is 1.48. The largest absolute Gasteiger partial charge is 0.493 e. The molecule has 1 aromatic carbocycles. The first-order valence-electron chi connectivity index (χ1n) is 11.1. The smallest absolute Gasteiger partial charge is 0.257 e. The van der Waals surface area contributed by atoms with E-state index < -0.39 is 0 Å². The Morgan fingerprint density at radius 3 is 2.42 bits per heavy atom. The van der Waals surface area contributed by atoms with Crippen LogP contribution in [0.25, 0.3) is 0 Å². The molecule has 2 unspecified atom stereocenters. The van der Waals surface area contributed by atoms with Gasteiger partial charge in [-0.25, -0.2) is 0 Å². The molecule has 166 valence electrons. The number of carbonyl (C=O) groups excluding carboxylic acids is 2. The fourth-order valence-electron chi connectivity index (χ4n) is 5.12. The van der Waals surface area contributed by atoms with Crippen molar-refractivity contribution in [3.63, 3.8) is 0 Å². The van der Waals surface area contributed by atoms with E-state index in [9.17, 15) is 9.59 Å². The maximum Gasteiger partial charge on any atom is 0.257 e. The van der Waals surface area contributed by atoms with Crippen molar-refractivity contribution in [1.82, 2.24) is 19.6 Å². The van der Waals surface area contributed by atoms with Crippen LogP contribution in [-0.4, -0.2) is 64.2 Å². The molecule has 0 N–H and O–H groups in total. The van der Waals surface area contributed by atoms with Gasteiger partial charge in [0.05, 0.1) is 17.9 Å². The first-order chi connectivity index (χ1) is 14.9. The molecule has 31 heavy (non-hydrogen) atoms. The molecule has 1 aromatic heterocycles. The third-order valence-corrected chi connectivity index (χ3v) is 6.82. The number of carbonyl (C=O) groups is 2. The Labute approximate surface area is 184 Å². The van der Waals surface area contributed by atoms with Gasteiger partial charge in [0.1, 0.15) is 5.75 Å². The number of nitrogens with zero attached hydrogens (tertiary/aromatic N) is 4. The molecule has 2 aliphatic heterocycles. The molecular weight excluding hydrogens is 392 g/mol. The van der Waals surface area contributed by atoms with Crippen molar-refractivity contribution < 1.29 is 14.3 Å². The number of piperidine rings is 1. The standard InChI is InChI=1S/C24H32N4O3/c1-17-22(14-26(3)25-17)24(30)28-13-20(16-31-21-7-5-4-6-8-21)23(15-28)19-9-11-27(12-10-19)18(2)29/h4-8,14,19-20,23H,9-13,15-16H2,1-3H3. The van der Waals surface area contributed by atoms with E-state index in [2.05, 4.69) is 5.10 Å². The molecule has 0 bridgehead atoms. The van der Waals surface area contributed by atoms with Crippen molar-refractivity contribution in [2.24, 2.45) is 24.8 Å². The SMILES string of the molecule is CC(=O)N1CCC(C2CN(C(=O)c3cn(C)nc3C)CC2COc2ccccc2)CC1. The maximum atomic E-state index is 13.2. The summed E-state index contributed by atoms with van der Waals surface area (Å²) in [5.41, 5.74) is 1.44. The second kappa shape index (κ2) is 9.12. The summed E-state index contributed by atoms with van der Waals surface area (Å²) in [6.07, 6.45) is 3.78. The van der Waals surface area contributed by atoms with Crippen LogP contribution in [0.15, 0.2) is 36.5 Å². The summed E-state index contributed by atoms with van der Waals surface area (Å²) in [6, 6.07) is 9.86. The number of amides is 2. The predicted molar refractivity (Wildman–Crippen MR) is 118 cm³/mol. The number of aromatic nitrogens is 2. The molecule has 7 heteroatoms. The number of para-hydroxylation sites is 1. The number of hydrogen-bond acceptors (Lipinski definition) is 4. The van der Waals surface area contributed by atoms with Gasteiger partial charge in [-0.15, -0.1) is 0 Å². The Kier molecular flexibility index (Phi) is 6.30. The van der Waals surface area contributed by atoms with Crippen molar-refractivity contribution >= 4 is 11.8 Å². The number of rotatable bonds is 5. The fourth-order valence-corrected chi connectivity index (χ4v) is 5.12. The molecule has 0 spiro atoms. The zero-order valence-electron chi connectivity index (χ0n) is 18.7. The normalized spacial score (nSPS) is 22.0. The minimum Gasteiger partial charge on any atom is -0.493 e. The Hall–Kier alpha value is -2.83. The van der Waals surface area contributed by atoms with Gasteiger partial charge in [-0.1, -0.05) is 18.2 Å². The van der Waals surface area contributed by atoms with E-state index in [4.69, 9.17) is 4.74 Å². The molecular formula is C24H32N4O3. The van der Waals surface area contributed by atoms with E-state index in [-0.39, 0.29) is 17.7 Å². The third kappa shape index (κ3) is 4.75. The zero-order valence-corrected chi connectivity index (χ0v) is 18.7. The van der Waals surface area contributed by atoms with Gasteiger partial charge in [0, 0.05) is 52.3 Å². The van der Waals surface area contributed by atoms with E-state index in [0.29, 0.717) is 30.6 Å². The highest BCUT2D eigenvalue weighted by molar-refractivity contribution is 5.95. The molecule has 2 fully saturated rings. The Morgan fingerprint density at radius 1 is 1.10 bits per heavy atom. The van der Waals surface area contributed by atoms with Crippen LogP contribution >= 0.6 is 0 Å². The van der Waals surface area contributed by atoms with Gasteiger partial charge in [-0.05, 0) is 43.7 Å². The van der Waals surface area contributed by atoms with Gasteiger partial charge in [0.2, 0.25) is 5.91 Å². The fraction of sp³-hybridized carbons (Fsp3) is 0.542. The molecule has 0 saturated carbocycles. The molecule has 2 saturated heterocycles. The van der Waals surface area contributed by atoms with Gasteiger partial charge in [0.15, 0.2) is 0 Å². The highest BCUT2D eigenvalue weighted by Gasteiger charge is 2.41. The lowest BCUT2D eigenvalue weighted by Crippen LogP contribution is -2.40. The predicted octanol–water partition coefficient (Wildman–Crippen LogP) is 2.75. The van der Waals surface area contributed by atoms with Gasteiger partial charge in [0.25, 0.3) is 5.91 Å². The Morgan fingerprint density at radius 2 is 1.81 bits per heavy atom. The topological polar surface area (TPSA) is 67.7 Å². The number of aryl methyl sites for hydroxylation is 2. The van der Waals surface area contributed by atoms with Gasteiger partial charge in [-0.3, -0.25) is 14.3 Å². The number of likely N-dealkylation sites (tertiary alicyclic amines) is 2. The van der Waals surface area contributed by atoms with E-state index in [1.807, 2.05) is 60.3 Å². The van der Waals surface area contributed by atoms with E-state index >= 15 is 0 Å². The molecule has 0 radical (unpaired) electrons. The number of benzene rings is 1. The van der Waals surface area contributed by atoms with Crippen LogP contribution < -0.4 is 4.74 Å². The van der Waals surface area contributed by atoms with Crippen LogP contribution in [0.4, 0.5) is 0 Å². The summed E-state index contributed by atoms with van der Waals surface area (Å²) >= 11 is 0. The molecule has 7 nitrogen and oxygen atoms in total. The number of ether oxygens (including phenoxy) is 1. The highest BCUT2D eigenvalue weighted by atomic mass is 16.5. The van der Waals surface area contributed by atoms with Crippen LogP contribution in [0.1, 0.15) is 35.8 Å². The zero-order chi connectivity index (χ0) is 22.0. The van der Waals surface area contributed by atoms with Gasteiger partial charge in [-0.2, -0.15) is 5.10 Å². The van der Waals surface area contributed by atoms with Crippen LogP contribution in [0.2, 0.25) is 0 Å². The van der Waals surface area contributed by atoms with Crippen molar-refractivity contribution in [1.29, 1.82) is 0 Å². The molecule has 2 aliphatic rings. The van der Waals surface area contributed by atoms with E-state index in [1.165, 1.54) is 0 Å². The molecule has 2 aromatic rings. The summed E-state index contributed by atoms with van der Waals surface area (Å²) in [5.74, 6) is 2.21. The minimum atomic E-state index is 0.0546. The lowest BCUT2D eigenvalue weighted by atomic mass is 9.78. The van der Waals surface area contributed by atoms with Crippen LogP contribution in [0, 0.1) is 24.7 Å². The highest BCUT2D eigenvalue weighted by Crippen LogP contribution is 2.37. The van der Waals surface area contributed by atoms with Crippen molar-refractivity contribution in [2.75, 3.05) is 32.8 Å². The van der Waals surface area contributed by atoms with Crippen LogP contribution in [-0.2, 0) is 11.8 Å². The Bertz CT molecular complexity index is 918. The van der Waals surface area contributed by atoms with Crippen LogP contribution in [0.5, 0.6) is 5.75 Å². The number of hydrogen-bond donors (Lipinski definition) is 0. The second-order valence-corrected chi connectivity index (χ2v) is 8.90. The first-order valence-corrected chi connectivity index (χ1v) is 11.1. The lowest BCUT2D eigenvalue weighted by Gasteiger charge is -2.36. The molecule has 2 amide bonds. The third-order valence-electron chi connectivity index (χ3n) is 6.82. The first kappa shape index (κ1) is 21.4. The quantitative estimate of drug-likeness (QED) is 0.740. The summed E-state index contributed by atoms with van der Waals surface area (Å²) in [4.78, 5) is 28.9. The minimum absolute atomic E-state index is 0.0546. The molecule has 4 rings (SSSR count). The maximum absolute atomic E-state index is 13.2. The van der Waals surface area contributed by atoms with Crippen molar-refractivity contribution in [3.05, 3.63) is 47.8 Å². The second-order valence-electron chi connectivity index (χ2n) is 8.90. The summed E-state index contributed by atoms with van der Waals surface area (Å²) in [5, 5.41) is 4.34. The van der Waals surface area contributed by atoms with Crippen molar-refractivity contribution in [2.45, 2.75) is 26.7 Å². The van der Waals surface area contributed by atoms with Crippen molar-refractivity contribution in [3.8, 4) is 5.75 Å². The summed E-state index contributed by atoms with van der Waals surface area (Å²) in [6.45, 7) is 7.16. The lowest BCUT2D eigenvalue weighted by molar-refractivity contribution is -0.130. The molecule has 3 heterocycles. The van der Waals surface area contributed by atoms with Crippen LogP contribution in [0.3, 0.4) is 0 Å². The molecule has 2 atom stereocenters. The average molecular weight is 425 g/mol.